The van der Waals surface area contributed by atoms with Crippen LogP contribution in [0.15, 0.2) is 29.1 Å². The smallest absolute Gasteiger partial charge is 0.262 e. The maximum absolute atomic E-state index is 12.4. The summed E-state index contributed by atoms with van der Waals surface area (Å²) < 4.78 is 3.43. The van der Waals surface area contributed by atoms with E-state index >= 15 is 0 Å². The fourth-order valence-electron chi connectivity index (χ4n) is 2.68. The quantitative estimate of drug-likeness (QED) is 0.738. The molecule has 0 bridgehead atoms. The number of hydrogen-bond acceptors (Lipinski definition) is 5. The van der Waals surface area contributed by atoms with Crippen molar-refractivity contribution in [2.24, 2.45) is 7.05 Å². The summed E-state index contributed by atoms with van der Waals surface area (Å²) in [7, 11) is 1.70. The molecule has 0 atom stereocenters. The lowest BCUT2D eigenvalue weighted by molar-refractivity contribution is 0.193. The number of benzene rings is 1. The van der Waals surface area contributed by atoms with Crippen molar-refractivity contribution in [1.82, 2.24) is 24.1 Å². The number of likely N-dealkylation sites (N-methyl/N-ethyl adjacent to an activating group) is 1. The monoisotopic (exact) mass is 301 g/mol. The second-order valence-corrected chi connectivity index (χ2v) is 5.23. The van der Waals surface area contributed by atoms with E-state index in [0.717, 1.165) is 17.9 Å². The van der Waals surface area contributed by atoms with Crippen molar-refractivity contribution in [3.05, 3.63) is 40.4 Å². The minimum atomic E-state index is -0.0789. The van der Waals surface area contributed by atoms with Crippen LogP contribution in [0, 0.1) is 0 Å². The van der Waals surface area contributed by atoms with Gasteiger partial charge in [0.15, 0.2) is 5.82 Å². The highest BCUT2D eigenvalue weighted by atomic mass is 16.3. The number of para-hydroxylation sites is 1. The molecule has 1 aromatic carbocycles. The average Bonchev–Trinajstić information content (AvgIpc) is 2.96. The molecule has 116 valence electrons. The maximum Gasteiger partial charge on any atom is 0.262 e. The van der Waals surface area contributed by atoms with Crippen LogP contribution in [0.1, 0.15) is 12.7 Å². The Morgan fingerprint density at radius 1 is 1.27 bits per heavy atom. The molecule has 0 amide bonds. The standard InChI is InChI=1S/C15H19N5O2/c1-3-19(8-9-21)10-13-16-17-15-18(2)14(22)11-6-4-5-7-12(11)20(13)15/h4-7,21H,3,8-10H2,1-2H3. The third kappa shape index (κ3) is 2.28. The maximum atomic E-state index is 12.4. The lowest BCUT2D eigenvalue weighted by Crippen LogP contribution is -2.27. The fourth-order valence-corrected chi connectivity index (χ4v) is 2.68. The van der Waals surface area contributed by atoms with Crippen molar-refractivity contribution in [2.45, 2.75) is 13.5 Å². The number of aliphatic hydroxyl groups is 1. The number of fused-ring (bicyclic) bond motifs is 3. The third-order valence-electron chi connectivity index (χ3n) is 3.92. The lowest BCUT2D eigenvalue weighted by Gasteiger charge is -2.18. The molecule has 0 spiro atoms. The molecule has 0 saturated heterocycles. The van der Waals surface area contributed by atoms with E-state index in [0.29, 0.717) is 24.3 Å². The van der Waals surface area contributed by atoms with E-state index < -0.39 is 0 Å². The summed E-state index contributed by atoms with van der Waals surface area (Å²) in [5, 5.41) is 18.2. The Balaban J connectivity index is 2.23. The molecule has 2 heterocycles. The van der Waals surface area contributed by atoms with E-state index in [4.69, 9.17) is 5.11 Å². The van der Waals surface area contributed by atoms with Crippen molar-refractivity contribution in [3.8, 4) is 0 Å². The van der Waals surface area contributed by atoms with E-state index in [-0.39, 0.29) is 12.2 Å². The number of aliphatic hydroxyl groups excluding tert-OH is 1. The zero-order valence-corrected chi connectivity index (χ0v) is 12.7. The topological polar surface area (TPSA) is 75.7 Å². The second kappa shape index (κ2) is 5.86. The summed E-state index contributed by atoms with van der Waals surface area (Å²) in [4.78, 5) is 14.5. The van der Waals surface area contributed by atoms with Gasteiger partial charge in [-0.05, 0) is 18.7 Å². The number of hydrogen-bond donors (Lipinski definition) is 1. The fraction of sp³-hybridized carbons (Fsp3) is 0.400. The highest BCUT2D eigenvalue weighted by Gasteiger charge is 2.15. The molecule has 0 aliphatic carbocycles. The number of nitrogens with zero attached hydrogens (tertiary/aromatic N) is 5. The van der Waals surface area contributed by atoms with Gasteiger partial charge in [0.1, 0.15) is 0 Å². The Bertz CT molecular complexity index is 867. The van der Waals surface area contributed by atoms with Crippen LogP contribution < -0.4 is 5.56 Å². The van der Waals surface area contributed by atoms with Crippen LogP contribution in [-0.2, 0) is 13.6 Å². The van der Waals surface area contributed by atoms with Gasteiger partial charge in [-0.25, -0.2) is 0 Å². The molecule has 0 unspecified atom stereocenters. The van der Waals surface area contributed by atoms with Gasteiger partial charge in [0.25, 0.3) is 5.56 Å². The third-order valence-corrected chi connectivity index (χ3v) is 3.92. The average molecular weight is 301 g/mol. The summed E-state index contributed by atoms with van der Waals surface area (Å²) in [6.07, 6.45) is 0. The van der Waals surface area contributed by atoms with E-state index in [9.17, 15) is 4.79 Å². The van der Waals surface area contributed by atoms with E-state index in [2.05, 4.69) is 15.1 Å². The van der Waals surface area contributed by atoms with Crippen molar-refractivity contribution >= 4 is 16.7 Å². The SMILES string of the molecule is CCN(CCO)Cc1nnc2n(C)c(=O)c3ccccc3n12. The molecule has 0 radical (unpaired) electrons. The highest BCUT2D eigenvalue weighted by Crippen LogP contribution is 2.14. The molecule has 3 aromatic rings. The van der Waals surface area contributed by atoms with Crippen molar-refractivity contribution < 1.29 is 5.11 Å². The Morgan fingerprint density at radius 3 is 2.77 bits per heavy atom. The minimum absolute atomic E-state index is 0.0789. The summed E-state index contributed by atoms with van der Waals surface area (Å²) in [6, 6.07) is 7.46. The van der Waals surface area contributed by atoms with Crippen molar-refractivity contribution in [1.29, 1.82) is 0 Å². The molecule has 22 heavy (non-hydrogen) atoms. The molecule has 3 rings (SSSR count). The molecule has 2 aromatic heterocycles. The first-order valence-corrected chi connectivity index (χ1v) is 7.32. The van der Waals surface area contributed by atoms with E-state index in [1.54, 1.807) is 7.05 Å². The van der Waals surface area contributed by atoms with Crippen LogP contribution in [0.2, 0.25) is 0 Å². The Hall–Kier alpha value is -2.25. The van der Waals surface area contributed by atoms with Crippen LogP contribution in [0.3, 0.4) is 0 Å². The van der Waals surface area contributed by atoms with Gasteiger partial charge in [-0.3, -0.25) is 18.7 Å². The molecular formula is C15H19N5O2. The van der Waals surface area contributed by atoms with Gasteiger partial charge in [-0.2, -0.15) is 0 Å². The Kier molecular flexibility index (Phi) is 3.91. The normalized spacial score (nSPS) is 11.8. The van der Waals surface area contributed by atoms with Crippen LogP contribution in [0.4, 0.5) is 0 Å². The van der Waals surface area contributed by atoms with E-state index in [1.807, 2.05) is 35.6 Å². The minimum Gasteiger partial charge on any atom is -0.395 e. The van der Waals surface area contributed by atoms with Gasteiger partial charge < -0.3 is 5.11 Å². The zero-order valence-electron chi connectivity index (χ0n) is 12.7. The van der Waals surface area contributed by atoms with Crippen molar-refractivity contribution in [2.75, 3.05) is 19.7 Å². The van der Waals surface area contributed by atoms with Crippen molar-refractivity contribution in [3.63, 3.8) is 0 Å². The van der Waals surface area contributed by atoms with Crippen LogP contribution in [0.25, 0.3) is 16.7 Å². The summed E-state index contributed by atoms with van der Waals surface area (Å²) >= 11 is 0. The van der Waals surface area contributed by atoms with Gasteiger partial charge in [-0.1, -0.05) is 19.1 Å². The Labute approximate surface area is 127 Å². The van der Waals surface area contributed by atoms with E-state index in [1.165, 1.54) is 4.57 Å². The first-order chi connectivity index (χ1) is 10.7. The predicted molar refractivity (Wildman–Crippen MR) is 83.8 cm³/mol. The number of rotatable bonds is 5. The van der Waals surface area contributed by atoms with Crippen LogP contribution in [-0.4, -0.2) is 48.9 Å². The molecule has 0 aliphatic heterocycles. The first-order valence-electron chi connectivity index (χ1n) is 7.32. The summed E-state index contributed by atoms with van der Waals surface area (Å²) in [5.41, 5.74) is 0.727. The molecule has 0 fully saturated rings. The van der Waals surface area contributed by atoms with Gasteiger partial charge in [0.2, 0.25) is 5.78 Å². The van der Waals surface area contributed by atoms with Crippen LogP contribution in [0.5, 0.6) is 0 Å². The second-order valence-electron chi connectivity index (χ2n) is 5.23. The predicted octanol–water partition coefficient (Wildman–Crippen LogP) is 0.395. The summed E-state index contributed by atoms with van der Waals surface area (Å²) in [6.45, 7) is 4.09. The first kappa shape index (κ1) is 14.7. The number of aryl methyl sites for hydroxylation is 1. The van der Waals surface area contributed by atoms with Gasteiger partial charge in [0.05, 0.1) is 24.1 Å². The Morgan fingerprint density at radius 2 is 2.05 bits per heavy atom. The molecule has 0 aliphatic rings. The van der Waals surface area contributed by atoms with Crippen LogP contribution >= 0.6 is 0 Å². The largest absolute Gasteiger partial charge is 0.395 e. The van der Waals surface area contributed by atoms with Gasteiger partial charge in [0, 0.05) is 13.6 Å². The molecule has 7 heteroatoms. The molecule has 1 N–H and O–H groups in total. The summed E-state index contributed by atoms with van der Waals surface area (Å²) in [5.74, 6) is 1.29. The molecular weight excluding hydrogens is 282 g/mol. The zero-order chi connectivity index (χ0) is 15.7. The van der Waals surface area contributed by atoms with Gasteiger partial charge in [-0.15, -0.1) is 10.2 Å². The molecule has 7 nitrogen and oxygen atoms in total. The molecule has 0 saturated carbocycles. The highest BCUT2D eigenvalue weighted by molar-refractivity contribution is 5.80. The number of aromatic nitrogens is 4. The van der Waals surface area contributed by atoms with Gasteiger partial charge >= 0.3 is 0 Å². The lowest BCUT2D eigenvalue weighted by atomic mass is 10.2.